The van der Waals surface area contributed by atoms with Crippen LogP contribution in [0.1, 0.15) is 39.5 Å². The minimum Gasteiger partial charge on any atom is -0.330 e. The maximum absolute atomic E-state index is 5.64. The molecule has 1 heterocycles. The van der Waals surface area contributed by atoms with Gasteiger partial charge in [0.05, 0.1) is 0 Å². The topological polar surface area (TPSA) is 32.5 Å². The molecule has 17 heavy (non-hydrogen) atoms. The summed E-state index contributed by atoms with van der Waals surface area (Å²) in [4.78, 5) is 5.12. The van der Waals surface area contributed by atoms with E-state index in [1.807, 2.05) is 0 Å². The molecule has 1 fully saturated rings. The Morgan fingerprint density at radius 2 is 2.00 bits per heavy atom. The Morgan fingerprint density at radius 3 is 2.53 bits per heavy atom. The molecule has 0 aromatic carbocycles. The van der Waals surface area contributed by atoms with Crippen LogP contribution in [0.2, 0.25) is 0 Å². The predicted molar refractivity (Wildman–Crippen MR) is 75.2 cm³/mol. The molecule has 1 aliphatic heterocycles. The summed E-state index contributed by atoms with van der Waals surface area (Å²) in [6, 6.07) is 0.811. The number of hydrogen-bond donors (Lipinski definition) is 1. The van der Waals surface area contributed by atoms with Crippen molar-refractivity contribution in [2.75, 3.05) is 39.8 Å². The maximum atomic E-state index is 5.64. The summed E-state index contributed by atoms with van der Waals surface area (Å²) in [6.45, 7) is 10.4. The number of nitrogens with two attached hydrogens (primary N) is 1. The van der Waals surface area contributed by atoms with Crippen LogP contribution in [0.4, 0.5) is 0 Å². The summed E-state index contributed by atoms with van der Waals surface area (Å²) >= 11 is 0. The van der Waals surface area contributed by atoms with Crippen LogP contribution in [0.15, 0.2) is 0 Å². The lowest BCUT2D eigenvalue weighted by molar-refractivity contribution is 0.129. The highest BCUT2D eigenvalue weighted by Crippen LogP contribution is 2.16. The predicted octanol–water partition coefficient (Wildman–Crippen LogP) is 1.78. The van der Waals surface area contributed by atoms with Crippen LogP contribution in [0.25, 0.3) is 0 Å². The molecule has 0 aliphatic carbocycles. The van der Waals surface area contributed by atoms with Crippen molar-refractivity contribution < 1.29 is 0 Å². The number of rotatable bonds is 7. The molecule has 1 rings (SSSR count). The molecule has 0 aromatic rings. The molecule has 0 amide bonds. The van der Waals surface area contributed by atoms with Crippen LogP contribution >= 0.6 is 0 Å². The van der Waals surface area contributed by atoms with E-state index in [0.29, 0.717) is 5.92 Å². The lowest BCUT2D eigenvalue weighted by Crippen LogP contribution is -2.43. The molecule has 3 nitrogen and oxygen atoms in total. The zero-order valence-electron chi connectivity index (χ0n) is 12.0. The largest absolute Gasteiger partial charge is 0.330 e. The van der Waals surface area contributed by atoms with Gasteiger partial charge in [-0.2, -0.15) is 0 Å². The van der Waals surface area contributed by atoms with E-state index in [-0.39, 0.29) is 0 Å². The molecule has 2 N–H and O–H groups in total. The molecule has 1 atom stereocenters. The smallest absolute Gasteiger partial charge is 0.0117 e. The monoisotopic (exact) mass is 241 g/mol. The second kappa shape index (κ2) is 8.06. The standard InChI is InChI=1S/C14H31N3/c1-4-17-10-7-14(8-11-17)16(3)9-5-6-13(2)12-15/h13-14H,4-12,15H2,1-3H3. The number of piperidine rings is 1. The van der Waals surface area contributed by atoms with Gasteiger partial charge in [0.25, 0.3) is 0 Å². The zero-order valence-corrected chi connectivity index (χ0v) is 12.0. The van der Waals surface area contributed by atoms with E-state index in [1.165, 1.54) is 51.9 Å². The van der Waals surface area contributed by atoms with Gasteiger partial charge in [0.2, 0.25) is 0 Å². The molecule has 0 saturated carbocycles. The number of hydrogen-bond acceptors (Lipinski definition) is 3. The summed E-state index contributed by atoms with van der Waals surface area (Å²) in [5, 5.41) is 0. The first kappa shape index (κ1) is 14.9. The lowest BCUT2D eigenvalue weighted by Gasteiger charge is -2.36. The molecular formula is C14H31N3. The van der Waals surface area contributed by atoms with Gasteiger partial charge in [-0.25, -0.2) is 0 Å². The third-order valence-electron chi connectivity index (χ3n) is 4.24. The maximum Gasteiger partial charge on any atom is 0.0117 e. The first-order valence-corrected chi connectivity index (χ1v) is 7.30. The Balaban J connectivity index is 2.13. The highest BCUT2D eigenvalue weighted by Gasteiger charge is 2.21. The van der Waals surface area contributed by atoms with E-state index >= 15 is 0 Å². The average Bonchev–Trinajstić information content (AvgIpc) is 2.38. The van der Waals surface area contributed by atoms with Crippen LogP contribution in [0.5, 0.6) is 0 Å². The van der Waals surface area contributed by atoms with Crippen molar-refractivity contribution >= 4 is 0 Å². The van der Waals surface area contributed by atoms with Crippen molar-refractivity contribution in [3.63, 3.8) is 0 Å². The quantitative estimate of drug-likeness (QED) is 0.737. The van der Waals surface area contributed by atoms with Crippen molar-refractivity contribution in [1.82, 2.24) is 9.80 Å². The molecule has 0 aromatic heterocycles. The third kappa shape index (κ3) is 5.36. The Hall–Kier alpha value is -0.120. The molecule has 102 valence electrons. The Kier molecular flexibility index (Phi) is 7.09. The van der Waals surface area contributed by atoms with Gasteiger partial charge in [0.1, 0.15) is 0 Å². The van der Waals surface area contributed by atoms with Gasteiger partial charge in [-0.1, -0.05) is 13.8 Å². The highest BCUT2D eigenvalue weighted by atomic mass is 15.2. The molecule has 3 heteroatoms. The molecule has 0 radical (unpaired) electrons. The second-order valence-electron chi connectivity index (χ2n) is 5.63. The summed E-state index contributed by atoms with van der Waals surface area (Å²) < 4.78 is 0. The fourth-order valence-electron chi connectivity index (χ4n) is 2.67. The Morgan fingerprint density at radius 1 is 1.35 bits per heavy atom. The molecule has 1 unspecified atom stereocenters. The van der Waals surface area contributed by atoms with Gasteiger partial charge in [-0.15, -0.1) is 0 Å². The van der Waals surface area contributed by atoms with Crippen molar-refractivity contribution in [3.8, 4) is 0 Å². The lowest BCUT2D eigenvalue weighted by atomic mass is 10.0. The van der Waals surface area contributed by atoms with Crippen molar-refractivity contribution in [3.05, 3.63) is 0 Å². The van der Waals surface area contributed by atoms with Crippen molar-refractivity contribution in [2.45, 2.75) is 45.6 Å². The minimum atomic E-state index is 0.685. The van der Waals surface area contributed by atoms with Crippen molar-refractivity contribution in [2.24, 2.45) is 11.7 Å². The van der Waals surface area contributed by atoms with Crippen LogP contribution in [0.3, 0.4) is 0 Å². The van der Waals surface area contributed by atoms with Crippen LogP contribution in [-0.4, -0.2) is 55.6 Å². The fourth-order valence-corrected chi connectivity index (χ4v) is 2.67. The van der Waals surface area contributed by atoms with Gasteiger partial charge in [-0.05, 0) is 71.4 Å². The van der Waals surface area contributed by atoms with Crippen LogP contribution in [-0.2, 0) is 0 Å². The molecule has 1 aliphatic rings. The normalized spacial score (nSPS) is 21.0. The van der Waals surface area contributed by atoms with E-state index < -0.39 is 0 Å². The van der Waals surface area contributed by atoms with Gasteiger partial charge >= 0.3 is 0 Å². The van der Waals surface area contributed by atoms with Crippen molar-refractivity contribution in [1.29, 1.82) is 0 Å². The summed E-state index contributed by atoms with van der Waals surface area (Å²) in [7, 11) is 2.29. The van der Waals surface area contributed by atoms with Crippen LogP contribution < -0.4 is 5.73 Å². The summed E-state index contributed by atoms with van der Waals surface area (Å²) in [5.41, 5.74) is 5.64. The van der Waals surface area contributed by atoms with Gasteiger partial charge in [0, 0.05) is 6.04 Å². The van der Waals surface area contributed by atoms with Gasteiger partial charge < -0.3 is 15.5 Å². The SMILES string of the molecule is CCN1CCC(N(C)CCCC(C)CN)CC1. The highest BCUT2D eigenvalue weighted by molar-refractivity contribution is 4.77. The fraction of sp³-hybridized carbons (Fsp3) is 1.00. The first-order chi connectivity index (χ1) is 8.17. The minimum absolute atomic E-state index is 0.685. The first-order valence-electron chi connectivity index (χ1n) is 7.30. The molecule has 0 spiro atoms. The number of nitrogens with zero attached hydrogens (tertiary/aromatic N) is 2. The Bertz CT molecular complexity index is 188. The van der Waals surface area contributed by atoms with E-state index in [1.54, 1.807) is 0 Å². The van der Waals surface area contributed by atoms with Crippen LogP contribution in [0, 0.1) is 5.92 Å². The van der Waals surface area contributed by atoms with E-state index in [2.05, 4.69) is 30.7 Å². The molecule has 0 bridgehead atoms. The summed E-state index contributed by atoms with van der Waals surface area (Å²) in [5.74, 6) is 0.685. The third-order valence-corrected chi connectivity index (χ3v) is 4.24. The van der Waals surface area contributed by atoms with Gasteiger partial charge in [-0.3, -0.25) is 0 Å². The Labute approximate surface area is 107 Å². The molecular weight excluding hydrogens is 210 g/mol. The number of likely N-dealkylation sites (tertiary alicyclic amines) is 1. The van der Waals surface area contributed by atoms with E-state index in [0.717, 1.165) is 12.6 Å². The van der Waals surface area contributed by atoms with Gasteiger partial charge in [0.15, 0.2) is 0 Å². The second-order valence-corrected chi connectivity index (χ2v) is 5.63. The van der Waals surface area contributed by atoms with E-state index in [9.17, 15) is 0 Å². The summed E-state index contributed by atoms with van der Waals surface area (Å²) in [6.07, 6.45) is 5.26. The average molecular weight is 241 g/mol. The molecule has 1 saturated heterocycles. The van der Waals surface area contributed by atoms with E-state index in [4.69, 9.17) is 5.73 Å². The zero-order chi connectivity index (χ0) is 12.7.